The summed E-state index contributed by atoms with van der Waals surface area (Å²) in [6.07, 6.45) is 0. The van der Waals surface area contributed by atoms with E-state index < -0.39 is 35.6 Å². The van der Waals surface area contributed by atoms with Gasteiger partial charge in [-0.05, 0) is 0 Å². The summed E-state index contributed by atoms with van der Waals surface area (Å²) in [7, 11) is 0. The maximum atomic E-state index is 8.36. The van der Waals surface area contributed by atoms with Crippen LogP contribution >= 0.6 is 0 Å². The van der Waals surface area contributed by atoms with E-state index in [1.807, 2.05) is 0 Å². The molecule has 0 aromatic heterocycles. The van der Waals surface area contributed by atoms with Gasteiger partial charge >= 0.3 is 293 Å². The van der Waals surface area contributed by atoms with Gasteiger partial charge in [0.05, 0.1) is 0 Å². The van der Waals surface area contributed by atoms with E-state index in [2.05, 4.69) is 0 Å². The summed E-state index contributed by atoms with van der Waals surface area (Å²) in [6.45, 7) is 0. The molecule has 0 aromatic rings. The second-order valence-electron chi connectivity index (χ2n) is 1.66. The summed E-state index contributed by atoms with van der Waals surface area (Å²) >= 11 is 0. The van der Waals surface area contributed by atoms with Crippen molar-refractivity contribution in [3.63, 3.8) is 0 Å². The minimum atomic E-state index is -1.50. The van der Waals surface area contributed by atoms with Crippen molar-refractivity contribution in [2.45, 2.75) is 0 Å². The molecule has 192 valence electrons. The Morgan fingerprint density at radius 3 is 0.294 bits per heavy atom. The van der Waals surface area contributed by atoms with Crippen LogP contribution in [-0.2, 0) is 0 Å². The first-order chi connectivity index (χ1) is 12.1. The molecular weight excluding hydrogens is 1260 g/mol. The van der Waals surface area contributed by atoms with E-state index in [0.717, 1.165) is 0 Å². The van der Waals surface area contributed by atoms with Crippen molar-refractivity contribution in [3.05, 3.63) is 70.8 Å². The Balaban J connectivity index is -0.00000000457. The third-order valence-corrected chi connectivity index (χ3v) is 0. The normalized spacial score (nSPS) is 4.94. The van der Waals surface area contributed by atoms with Gasteiger partial charge in [-0.2, -0.15) is 0 Å². The first-order valence-electron chi connectivity index (χ1n) is 3.96. The molecule has 0 spiro atoms. The van der Waals surface area contributed by atoms with E-state index in [4.69, 9.17) is 107 Å². The smallest absolute Gasteiger partial charge is 1.00 e. The number of hydrogen-bond acceptors (Lipinski definition) is 14. The fraction of sp³-hybridized carbons (Fsp3) is 0. The molecule has 0 atom stereocenters. The van der Waals surface area contributed by atoms with Gasteiger partial charge in [0.15, 0.2) is 0 Å². The van der Waals surface area contributed by atoms with Gasteiger partial charge in [0.25, 0.3) is 35.6 Å². The molecule has 34 heteroatoms. The maximum Gasteiger partial charge on any atom is 2.00 e. The molecule has 0 aliphatic heterocycles. The van der Waals surface area contributed by atoms with Crippen LogP contribution in [0.15, 0.2) is 0 Å². The van der Waals surface area contributed by atoms with E-state index >= 15 is 0 Å². The van der Waals surface area contributed by atoms with Crippen LogP contribution in [0.25, 0.3) is 0 Å². The molecule has 0 heterocycles. The Morgan fingerprint density at radius 1 is 0.294 bits per heavy atom. The molecule has 34 heavy (non-hydrogen) atoms. The second kappa shape index (κ2) is 76.7. The molecule has 0 fully saturated rings. The quantitative estimate of drug-likeness (QED) is 0.0707. The summed E-state index contributed by atoms with van der Waals surface area (Å²) < 4.78 is 0. The van der Waals surface area contributed by atoms with Crippen molar-refractivity contribution in [2.75, 3.05) is 0 Å². The van der Waals surface area contributed by atoms with Crippen LogP contribution in [0.4, 0.5) is 0 Å². The van der Waals surface area contributed by atoms with Crippen molar-refractivity contribution in [2.24, 2.45) is 0 Å². The third-order valence-electron chi connectivity index (χ3n) is 0. The second-order valence-corrected chi connectivity index (χ2v) is 1.66. The molecule has 0 saturated carbocycles. The number of rotatable bonds is 0. The minimum absolute atomic E-state index is 0. The molecule has 0 aliphatic carbocycles. The first kappa shape index (κ1) is 83.2. The van der Waals surface area contributed by atoms with Crippen LogP contribution < -0.4 is 0 Å². The molecule has 0 unspecified atom stereocenters. The summed E-state index contributed by atoms with van der Waals surface area (Å²) in [5.74, 6) is 0. The summed E-state index contributed by atoms with van der Waals surface area (Å²) in [5, 5.41) is 95.5. The van der Waals surface area contributed by atoms with Gasteiger partial charge in [0.1, 0.15) is 0 Å². The van der Waals surface area contributed by atoms with E-state index in [-0.39, 0.29) is 310 Å². The average Bonchev–Trinajstić information content (AvgIpc) is 2.20. The Hall–Kier alpha value is 3.83. The van der Waals surface area contributed by atoms with E-state index in [1.165, 1.54) is 0 Å². The fourth-order valence-electron chi connectivity index (χ4n) is 0. The zero-order valence-corrected chi connectivity index (χ0v) is 42.9. The Morgan fingerprint density at radius 2 is 0.294 bits per heavy atom. The molecule has 28 nitrogen and oxygen atoms in total. The van der Waals surface area contributed by atoms with Crippen LogP contribution in [0.1, 0.15) is 17.1 Å². The SMILES string of the molecule is O=[N+]([O-])O.O=[N+]([O-])O.O=[N+]([O-])O.O=[N+]([O-])O.O=[N+]([O-])O.O=[N+]([O-])O.O=[N+]([O-])O.[Ba+2].[Ba+2].[Ba+2].[Ba+2].[Ba+2].[Ba+2].[H-].[H-].[H-].[H-].[H-].[H-].[H-].[H-].[H-].[H-].[H-].[H-]. The zero-order valence-electron chi connectivity index (χ0n) is 28.2. The zero-order chi connectivity index (χ0) is 25.0. The molecule has 0 saturated heterocycles. The van der Waals surface area contributed by atoms with Crippen LogP contribution in [0.5, 0.6) is 0 Å². The van der Waals surface area contributed by atoms with Gasteiger partial charge in [-0.15, -0.1) is 70.8 Å². The molecule has 0 aliphatic rings. The van der Waals surface area contributed by atoms with Crippen molar-refractivity contribution >= 4 is 293 Å². The van der Waals surface area contributed by atoms with Gasteiger partial charge in [0.2, 0.25) is 0 Å². The van der Waals surface area contributed by atoms with Crippen LogP contribution in [0.3, 0.4) is 0 Å². The standard InChI is InChI=1S/6Ba.7HNO3.12H/c;;;;;;7*2-1(3)4;;;;;;;;;;;;/h;;;;;;7*(H,2,3,4);;;;;;;;;;;;/q6*+2;;;;;;;;12*-1. The first-order valence-corrected chi connectivity index (χ1v) is 3.96. The summed E-state index contributed by atoms with van der Waals surface area (Å²) in [6, 6.07) is 0. The van der Waals surface area contributed by atoms with Gasteiger partial charge in [0, 0.05) is 0 Å². The van der Waals surface area contributed by atoms with Gasteiger partial charge in [-0.3, -0.25) is 0 Å². The van der Waals surface area contributed by atoms with E-state index in [1.54, 1.807) is 0 Å². The molecule has 7 N–H and O–H groups in total. The molecule has 0 rings (SSSR count). The van der Waals surface area contributed by atoms with Crippen LogP contribution in [0, 0.1) is 70.8 Å². The molecule has 0 amide bonds. The average molecular weight is 1280 g/mol. The predicted molar refractivity (Wildman–Crippen MR) is 109 cm³/mol. The minimum Gasteiger partial charge on any atom is -1.00 e. The predicted octanol–water partition coefficient (Wildman–Crippen LogP) is -3.37. The summed E-state index contributed by atoms with van der Waals surface area (Å²) in [4.78, 5) is 58.5. The van der Waals surface area contributed by atoms with Crippen molar-refractivity contribution in [3.8, 4) is 0 Å². The van der Waals surface area contributed by atoms with E-state index in [9.17, 15) is 0 Å². The third kappa shape index (κ3) is 2970. The van der Waals surface area contributed by atoms with Crippen molar-refractivity contribution < 1.29 is 89.2 Å². The van der Waals surface area contributed by atoms with Crippen molar-refractivity contribution in [1.29, 1.82) is 0 Å². The van der Waals surface area contributed by atoms with Gasteiger partial charge < -0.3 is 53.6 Å². The van der Waals surface area contributed by atoms with Crippen molar-refractivity contribution in [1.82, 2.24) is 0 Å². The molecule has 0 radical (unpaired) electrons. The molecular formula is H19Ba6N7O21. The summed E-state index contributed by atoms with van der Waals surface area (Å²) in [5.41, 5.74) is 0. The Labute approximate surface area is 441 Å². The largest absolute Gasteiger partial charge is 2.00 e. The van der Waals surface area contributed by atoms with Crippen LogP contribution in [-0.4, -0.2) is 365 Å². The Kier molecular flexibility index (Phi) is 188. The fourth-order valence-corrected chi connectivity index (χ4v) is 0. The van der Waals surface area contributed by atoms with E-state index in [0.29, 0.717) is 0 Å². The maximum absolute atomic E-state index is 8.36. The topological polar surface area (TPSA) is 444 Å². The van der Waals surface area contributed by atoms with Crippen LogP contribution in [0.2, 0.25) is 0 Å². The molecule has 0 bridgehead atoms. The Bertz CT molecular complexity index is 363. The van der Waals surface area contributed by atoms with Gasteiger partial charge in [-0.1, -0.05) is 0 Å². The number of hydrogen-bond donors (Lipinski definition) is 7. The van der Waals surface area contributed by atoms with Gasteiger partial charge in [-0.25, -0.2) is 0 Å². The molecule has 0 aromatic carbocycles. The monoisotopic (exact) mass is 1280 g/mol. The number of nitrogens with zero attached hydrogens (tertiary/aromatic N) is 7.